The van der Waals surface area contributed by atoms with Crippen molar-refractivity contribution in [3.63, 3.8) is 0 Å². The zero-order valence-electron chi connectivity index (χ0n) is 9.88. The van der Waals surface area contributed by atoms with Gasteiger partial charge in [-0.25, -0.2) is 0 Å². The fourth-order valence-corrected chi connectivity index (χ4v) is 1.84. The van der Waals surface area contributed by atoms with Gasteiger partial charge in [0.05, 0.1) is 6.10 Å². The zero-order chi connectivity index (χ0) is 12.1. The number of aliphatic hydroxyl groups is 1. The summed E-state index contributed by atoms with van der Waals surface area (Å²) < 4.78 is 0. The Hall–Kier alpha value is -1.86. The van der Waals surface area contributed by atoms with Gasteiger partial charge in [-0.15, -0.1) is 0 Å². The molecule has 17 heavy (non-hydrogen) atoms. The Labute approximate surface area is 102 Å². The summed E-state index contributed by atoms with van der Waals surface area (Å²) in [4.78, 5) is 0. The molecule has 0 spiro atoms. The van der Waals surface area contributed by atoms with Crippen molar-refractivity contribution in [2.75, 3.05) is 0 Å². The monoisotopic (exact) mass is 224 g/mol. The summed E-state index contributed by atoms with van der Waals surface area (Å²) in [7, 11) is 0. The molecule has 1 heteroatoms. The van der Waals surface area contributed by atoms with E-state index in [2.05, 4.69) is 24.3 Å². The van der Waals surface area contributed by atoms with Crippen molar-refractivity contribution in [3.8, 4) is 0 Å². The molecule has 1 N–H and O–H groups in total. The van der Waals surface area contributed by atoms with E-state index in [1.54, 1.807) is 6.92 Å². The molecule has 2 rings (SSSR count). The van der Waals surface area contributed by atoms with Crippen LogP contribution >= 0.6 is 0 Å². The van der Waals surface area contributed by atoms with Gasteiger partial charge in [0.1, 0.15) is 0 Å². The van der Waals surface area contributed by atoms with Gasteiger partial charge in [0.2, 0.25) is 0 Å². The molecule has 0 fully saturated rings. The average molecular weight is 224 g/mol. The third-order valence-electron chi connectivity index (χ3n) is 2.58. The van der Waals surface area contributed by atoms with Gasteiger partial charge in [-0.2, -0.15) is 0 Å². The molecule has 0 aliphatic heterocycles. The summed E-state index contributed by atoms with van der Waals surface area (Å²) >= 11 is 0. The third-order valence-corrected chi connectivity index (χ3v) is 2.58. The summed E-state index contributed by atoms with van der Waals surface area (Å²) in [6.45, 7) is 1.77. The van der Waals surface area contributed by atoms with Crippen LogP contribution in [0.5, 0.6) is 0 Å². The summed E-state index contributed by atoms with van der Waals surface area (Å²) in [5, 5.41) is 9.57. The maximum atomic E-state index is 9.57. The molecule has 0 radical (unpaired) electrons. The lowest BCUT2D eigenvalue weighted by molar-refractivity contribution is 0.244. The van der Waals surface area contributed by atoms with Crippen LogP contribution < -0.4 is 0 Å². The second kappa shape index (κ2) is 5.46. The first-order valence-electron chi connectivity index (χ1n) is 5.78. The van der Waals surface area contributed by atoms with E-state index in [0.717, 1.165) is 16.7 Å². The van der Waals surface area contributed by atoms with Gasteiger partial charge in [-0.3, -0.25) is 0 Å². The highest BCUT2D eigenvalue weighted by Crippen LogP contribution is 2.23. The van der Waals surface area contributed by atoms with Crippen LogP contribution in [-0.4, -0.2) is 11.2 Å². The molecular weight excluding hydrogens is 208 g/mol. The molecule has 1 atom stereocenters. The Morgan fingerprint density at radius 3 is 1.65 bits per heavy atom. The lowest BCUT2D eigenvalue weighted by Crippen LogP contribution is -1.97. The van der Waals surface area contributed by atoms with Gasteiger partial charge in [0, 0.05) is 0 Å². The molecule has 2 aromatic carbocycles. The predicted molar refractivity (Wildman–Crippen MR) is 71.6 cm³/mol. The third kappa shape index (κ3) is 3.05. The highest BCUT2D eigenvalue weighted by atomic mass is 16.3. The van der Waals surface area contributed by atoms with E-state index in [-0.39, 0.29) is 0 Å². The first-order chi connectivity index (χ1) is 8.27. The van der Waals surface area contributed by atoms with E-state index < -0.39 is 6.10 Å². The Balaban J connectivity index is 2.47. The summed E-state index contributed by atoms with van der Waals surface area (Å²) in [6.07, 6.45) is 1.43. The Kier molecular flexibility index (Phi) is 3.73. The quantitative estimate of drug-likeness (QED) is 0.846. The number of benzene rings is 2. The van der Waals surface area contributed by atoms with E-state index >= 15 is 0 Å². The van der Waals surface area contributed by atoms with Gasteiger partial charge in [-0.1, -0.05) is 60.7 Å². The second-order valence-electron chi connectivity index (χ2n) is 4.05. The molecule has 0 aliphatic rings. The van der Waals surface area contributed by atoms with Crippen molar-refractivity contribution in [3.05, 3.63) is 77.9 Å². The highest BCUT2D eigenvalue weighted by Gasteiger charge is 2.05. The van der Waals surface area contributed by atoms with Crippen molar-refractivity contribution >= 4 is 5.57 Å². The van der Waals surface area contributed by atoms with Crippen LogP contribution in [0.15, 0.2) is 66.7 Å². The highest BCUT2D eigenvalue weighted by molar-refractivity contribution is 5.79. The van der Waals surface area contributed by atoms with Crippen LogP contribution in [0.4, 0.5) is 0 Å². The van der Waals surface area contributed by atoms with Crippen LogP contribution in [0.25, 0.3) is 5.57 Å². The van der Waals surface area contributed by atoms with E-state index in [1.807, 2.05) is 42.5 Å². The summed E-state index contributed by atoms with van der Waals surface area (Å²) in [5.74, 6) is 0. The second-order valence-corrected chi connectivity index (χ2v) is 4.05. The first kappa shape index (κ1) is 11.6. The largest absolute Gasteiger partial charge is 0.389 e. The standard InChI is InChI=1S/C16H16O/c1-13(17)12-16(14-8-4-2-5-9-14)15-10-6-3-7-11-15/h2-13,17H,1H3/t13-/m0/s1. The molecule has 0 saturated heterocycles. The minimum Gasteiger partial charge on any atom is -0.389 e. The van der Waals surface area contributed by atoms with Gasteiger partial charge in [0.25, 0.3) is 0 Å². The van der Waals surface area contributed by atoms with Gasteiger partial charge >= 0.3 is 0 Å². The fraction of sp³-hybridized carbons (Fsp3) is 0.125. The number of rotatable bonds is 3. The average Bonchev–Trinajstić information content (AvgIpc) is 2.38. The molecule has 0 bridgehead atoms. The van der Waals surface area contributed by atoms with E-state index in [9.17, 15) is 5.11 Å². The maximum absolute atomic E-state index is 9.57. The van der Waals surface area contributed by atoms with Gasteiger partial charge in [0.15, 0.2) is 0 Å². The fourth-order valence-electron chi connectivity index (χ4n) is 1.84. The summed E-state index contributed by atoms with van der Waals surface area (Å²) in [5.41, 5.74) is 3.32. The molecule has 2 aromatic rings. The van der Waals surface area contributed by atoms with Gasteiger partial charge < -0.3 is 5.11 Å². The zero-order valence-corrected chi connectivity index (χ0v) is 9.88. The molecule has 0 aromatic heterocycles. The summed E-state index contributed by atoms with van der Waals surface area (Å²) in [6, 6.07) is 20.2. The van der Waals surface area contributed by atoms with Crippen LogP contribution in [0, 0.1) is 0 Å². The smallest absolute Gasteiger partial charge is 0.0701 e. The normalized spacial score (nSPS) is 11.9. The molecular formula is C16H16O. The SMILES string of the molecule is C[C@H](O)C=C(c1ccccc1)c1ccccc1. The predicted octanol–water partition coefficient (Wildman–Crippen LogP) is 3.50. The van der Waals surface area contributed by atoms with Crippen molar-refractivity contribution in [2.24, 2.45) is 0 Å². The Morgan fingerprint density at radius 2 is 1.29 bits per heavy atom. The number of hydrogen-bond donors (Lipinski definition) is 1. The molecule has 0 saturated carbocycles. The molecule has 0 unspecified atom stereocenters. The Morgan fingerprint density at radius 1 is 0.882 bits per heavy atom. The van der Waals surface area contributed by atoms with Gasteiger partial charge in [-0.05, 0) is 29.7 Å². The van der Waals surface area contributed by atoms with Crippen molar-refractivity contribution in [1.82, 2.24) is 0 Å². The lowest BCUT2D eigenvalue weighted by atomic mass is 9.97. The molecule has 0 heterocycles. The molecule has 0 amide bonds. The number of hydrogen-bond acceptors (Lipinski definition) is 1. The lowest BCUT2D eigenvalue weighted by Gasteiger charge is -2.09. The van der Waals surface area contributed by atoms with E-state index in [0.29, 0.717) is 0 Å². The maximum Gasteiger partial charge on any atom is 0.0701 e. The van der Waals surface area contributed by atoms with Crippen LogP contribution in [0.2, 0.25) is 0 Å². The van der Waals surface area contributed by atoms with E-state index in [1.165, 1.54) is 0 Å². The minimum absolute atomic E-state index is 0.453. The van der Waals surface area contributed by atoms with E-state index in [4.69, 9.17) is 0 Å². The van der Waals surface area contributed by atoms with Crippen molar-refractivity contribution in [2.45, 2.75) is 13.0 Å². The topological polar surface area (TPSA) is 20.2 Å². The molecule has 1 nitrogen and oxygen atoms in total. The number of aliphatic hydroxyl groups excluding tert-OH is 1. The molecule has 86 valence electrons. The van der Waals surface area contributed by atoms with Crippen molar-refractivity contribution in [1.29, 1.82) is 0 Å². The Bertz CT molecular complexity index is 442. The van der Waals surface area contributed by atoms with Crippen LogP contribution in [0.3, 0.4) is 0 Å². The van der Waals surface area contributed by atoms with Crippen LogP contribution in [-0.2, 0) is 0 Å². The molecule has 0 aliphatic carbocycles. The first-order valence-corrected chi connectivity index (χ1v) is 5.78. The van der Waals surface area contributed by atoms with Crippen molar-refractivity contribution < 1.29 is 5.11 Å². The van der Waals surface area contributed by atoms with Crippen LogP contribution in [0.1, 0.15) is 18.1 Å². The minimum atomic E-state index is -0.453.